The SMILES string of the molecule is N#CCC[P+](CCC#N)(CCC#N)CCCC(F)(F)C(F)(F)C(F)(F)C(F)(F)C(F)(F)C(F)(F)C(F)(F)C(F)(F)F.[I-]. The van der Waals surface area contributed by atoms with Crippen molar-refractivity contribution in [1.82, 2.24) is 0 Å². The number of hydrogen-bond donors (Lipinski definition) is 0. The number of rotatable bonds is 16. The Balaban J connectivity index is 0. The minimum atomic E-state index is -8.67. The molecule has 42 heavy (non-hydrogen) atoms. The van der Waals surface area contributed by atoms with Crippen LogP contribution < -0.4 is 24.0 Å². The van der Waals surface area contributed by atoms with E-state index >= 15 is 0 Å². The molecule has 0 heterocycles. The van der Waals surface area contributed by atoms with E-state index in [0.29, 0.717) is 0 Å². The normalized spacial score (nSPS) is 14.4. The summed E-state index contributed by atoms with van der Waals surface area (Å²) in [6.45, 7) is 0. The van der Waals surface area contributed by atoms with Gasteiger partial charge in [0.1, 0.15) is 0 Å². The zero-order valence-electron chi connectivity index (χ0n) is 20.5. The number of hydrogen-bond acceptors (Lipinski definition) is 3. The van der Waals surface area contributed by atoms with Crippen molar-refractivity contribution >= 4 is 7.26 Å². The standard InChI is InChI=1S/C20H18F17N3P.HI/c21-13(22,5-1-9-41(10-2-6-38,11-3-7-39)12-4-8-40)14(23,24)15(25,26)16(27,28)17(29,30)18(31,32)19(33,34)20(35,36)37;/h1-5,9-12H2;1H/q+1;/p-1. The Morgan fingerprint density at radius 3 is 1.00 bits per heavy atom. The highest BCUT2D eigenvalue weighted by Gasteiger charge is 2.95. The fourth-order valence-electron chi connectivity index (χ4n) is 3.52. The average Bonchev–Trinajstić information content (AvgIpc) is 2.83. The second kappa shape index (κ2) is 14.0. The van der Waals surface area contributed by atoms with Crippen LogP contribution in [0.25, 0.3) is 0 Å². The zero-order valence-corrected chi connectivity index (χ0v) is 23.5. The second-order valence-corrected chi connectivity index (χ2v) is 13.2. The molecular weight excluding hydrogens is 763 g/mol. The quantitative estimate of drug-likeness (QED) is 0.118. The first kappa shape index (κ1) is 42.6. The van der Waals surface area contributed by atoms with E-state index in [0.717, 1.165) is 0 Å². The van der Waals surface area contributed by atoms with Gasteiger partial charge in [0, 0.05) is 13.7 Å². The summed E-state index contributed by atoms with van der Waals surface area (Å²) in [5, 5.41) is 26.3. The molecule has 244 valence electrons. The van der Waals surface area contributed by atoms with Crippen LogP contribution in [0.5, 0.6) is 0 Å². The van der Waals surface area contributed by atoms with Crippen LogP contribution in [-0.2, 0) is 0 Å². The maximum Gasteiger partial charge on any atom is 0.460 e. The van der Waals surface area contributed by atoms with Crippen molar-refractivity contribution in [1.29, 1.82) is 15.8 Å². The van der Waals surface area contributed by atoms with E-state index in [1.807, 2.05) is 0 Å². The molecule has 0 spiro atoms. The Hall–Kier alpha value is -1.56. The van der Waals surface area contributed by atoms with Crippen LogP contribution >= 0.6 is 7.26 Å². The molecule has 22 heteroatoms. The van der Waals surface area contributed by atoms with Gasteiger partial charge >= 0.3 is 47.6 Å². The van der Waals surface area contributed by atoms with Crippen molar-refractivity contribution in [3.05, 3.63) is 0 Å². The van der Waals surface area contributed by atoms with E-state index in [2.05, 4.69) is 0 Å². The first-order chi connectivity index (χ1) is 18.1. The molecule has 0 aromatic carbocycles. The first-order valence-corrected chi connectivity index (χ1v) is 13.3. The number of nitriles is 3. The van der Waals surface area contributed by atoms with Gasteiger partial charge in [-0.25, -0.2) is 0 Å². The topological polar surface area (TPSA) is 71.4 Å². The number of halogens is 18. The van der Waals surface area contributed by atoms with Crippen molar-refractivity contribution < 1.29 is 98.6 Å². The predicted octanol–water partition coefficient (Wildman–Crippen LogP) is 5.54. The lowest BCUT2D eigenvalue weighted by Gasteiger charge is -2.42. The molecule has 0 radical (unpaired) electrons. The highest BCUT2D eigenvalue weighted by Crippen LogP contribution is 2.65. The summed E-state index contributed by atoms with van der Waals surface area (Å²) >= 11 is 0. The fourth-order valence-corrected chi connectivity index (χ4v) is 7.42. The molecule has 0 unspecified atom stereocenters. The van der Waals surface area contributed by atoms with E-state index in [1.165, 1.54) is 0 Å². The third-order valence-corrected chi connectivity index (χ3v) is 10.8. The van der Waals surface area contributed by atoms with Crippen LogP contribution in [0.3, 0.4) is 0 Å². The average molecular weight is 781 g/mol. The summed E-state index contributed by atoms with van der Waals surface area (Å²) in [5.74, 6) is -56.6. The molecule has 0 atom stereocenters. The molecule has 0 bridgehead atoms. The van der Waals surface area contributed by atoms with Gasteiger partial charge in [0.05, 0.1) is 62.1 Å². The van der Waals surface area contributed by atoms with Gasteiger partial charge in [-0.1, -0.05) is 0 Å². The Labute approximate surface area is 244 Å². The van der Waals surface area contributed by atoms with E-state index in [9.17, 15) is 74.6 Å². The van der Waals surface area contributed by atoms with Gasteiger partial charge in [-0.05, 0) is 6.42 Å². The summed E-state index contributed by atoms with van der Waals surface area (Å²) in [6.07, 6.45) is -13.7. The molecule has 0 fully saturated rings. The number of nitrogens with zero attached hydrogens (tertiary/aromatic N) is 3. The molecule has 0 aromatic rings. The highest BCUT2D eigenvalue weighted by atomic mass is 127. The zero-order chi connectivity index (χ0) is 33.0. The minimum absolute atomic E-state index is 0. The van der Waals surface area contributed by atoms with Gasteiger partial charge in [0.25, 0.3) is 0 Å². The Morgan fingerprint density at radius 2 is 0.714 bits per heavy atom. The van der Waals surface area contributed by atoms with Gasteiger partial charge in [-0.3, -0.25) is 0 Å². The Kier molecular flexibility index (Phi) is 14.2. The lowest BCUT2D eigenvalue weighted by atomic mass is 9.88. The first-order valence-electron chi connectivity index (χ1n) is 10.8. The van der Waals surface area contributed by atoms with Crippen molar-refractivity contribution in [2.24, 2.45) is 0 Å². The molecule has 0 rings (SSSR count). The van der Waals surface area contributed by atoms with Gasteiger partial charge in [0.15, 0.2) is 0 Å². The lowest BCUT2D eigenvalue weighted by Crippen LogP contribution is -3.00. The molecule has 0 aliphatic heterocycles. The smallest absolute Gasteiger partial charge is 0.460 e. The second-order valence-electron chi connectivity index (χ2n) is 8.71. The molecule has 3 nitrogen and oxygen atoms in total. The largest absolute Gasteiger partial charge is 1.00 e. The third kappa shape index (κ3) is 7.56. The van der Waals surface area contributed by atoms with Crippen LogP contribution in [-0.4, -0.2) is 72.3 Å². The molecule has 0 saturated carbocycles. The summed E-state index contributed by atoms with van der Waals surface area (Å²) in [6, 6.07) is 4.93. The minimum Gasteiger partial charge on any atom is -1.00 e. The Bertz CT molecular complexity index is 979. The Morgan fingerprint density at radius 1 is 0.429 bits per heavy atom. The maximum atomic E-state index is 14.2. The number of alkyl halides is 17. The molecule has 0 amide bonds. The third-order valence-electron chi connectivity index (χ3n) is 6.00. The van der Waals surface area contributed by atoms with Crippen LogP contribution in [0.1, 0.15) is 32.1 Å². The lowest BCUT2D eigenvalue weighted by molar-refractivity contribution is -0.461. The molecule has 0 aromatic heterocycles. The van der Waals surface area contributed by atoms with Crippen LogP contribution in [0, 0.1) is 34.0 Å². The van der Waals surface area contributed by atoms with E-state index in [4.69, 9.17) is 15.8 Å². The van der Waals surface area contributed by atoms with Crippen LogP contribution in [0.15, 0.2) is 0 Å². The van der Waals surface area contributed by atoms with E-state index in [-0.39, 0.29) is 61.7 Å². The van der Waals surface area contributed by atoms with Gasteiger partial charge < -0.3 is 24.0 Å². The molecule has 0 aliphatic carbocycles. The summed E-state index contributed by atoms with van der Waals surface area (Å²) < 4.78 is 228. The van der Waals surface area contributed by atoms with Crippen LogP contribution in [0.2, 0.25) is 0 Å². The summed E-state index contributed by atoms with van der Waals surface area (Å²) in [5.41, 5.74) is 0. The highest BCUT2D eigenvalue weighted by molar-refractivity contribution is 7.75. The molecular formula is C20H18F17IN3P. The van der Waals surface area contributed by atoms with E-state index in [1.54, 1.807) is 18.2 Å². The maximum absolute atomic E-state index is 14.2. The summed E-state index contributed by atoms with van der Waals surface area (Å²) in [7, 11) is -2.83. The van der Waals surface area contributed by atoms with Crippen molar-refractivity contribution in [2.75, 3.05) is 24.6 Å². The monoisotopic (exact) mass is 781 g/mol. The van der Waals surface area contributed by atoms with Crippen molar-refractivity contribution in [3.63, 3.8) is 0 Å². The van der Waals surface area contributed by atoms with Crippen LogP contribution in [0.4, 0.5) is 74.6 Å². The van der Waals surface area contributed by atoms with Gasteiger partial charge in [-0.2, -0.15) is 90.4 Å². The van der Waals surface area contributed by atoms with E-state index < -0.39 is 73.9 Å². The van der Waals surface area contributed by atoms with Crippen molar-refractivity contribution in [2.45, 2.75) is 79.7 Å². The van der Waals surface area contributed by atoms with Crippen molar-refractivity contribution in [3.8, 4) is 18.2 Å². The molecule has 0 N–H and O–H groups in total. The summed E-state index contributed by atoms with van der Waals surface area (Å²) in [4.78, 5) is 0. The predicted molar refractivity (Wildman–Crippen MR) is 107 cm³/mol. The molecule has 0 saturated heterocycles. The fraction of sp³-hybridized carbons (Fsp3) is 0.850. The van der Waals surface area contributed by atoms with Gasteiger partial charge in [0.2, 0.25) is 0 Å². The molecule has 0 aliphatic rings. The van der Waals surface area contributed by atoms with Gasteiger partial charge in [-0.15, -0.1) is 0 Å².